The molecule has 2 aromatic carbocycles. The molecule has 0 aromatic heterocycles. The molecule has 3 rings (SSSR count). The zero-order chi connectivity index (χ0) is 23.3. The molecule has 1 aliphatic rings. The minimum atomic E-state index is -0.921. The van der Waals surface area contributed by atoms with Crippen LogP contribution in [0.15, 0.2) is 30.3 Å². The molecular formula is C23H27Cl2NO6. The molecule has 9 heteroatoms. The smallest absolute Gasteiger partial charge is 0.254 e. The predicted octanol–water partition coefficient (Wildman–Crippen LogP) is 4.16. The lowest BCUT2D eigenvalue weighted by atomic mass is 9.89. The SMILES string of the molecule is COc1cc(C(=O)N2CCCOC(CCO)(c3ccc(Cl)c(Cl)c3)C2)cc(OC)c1OC. The van der Waals surface area contributed by atoms with Gasteiger partial charge in [-0.05, 0) is 36.2 Å². The van der Waals surface area contributed by atoms with Crippen molar-refractivity contribution in [2.45, 2.75) is 18.4 Å². The summed E-state index contributed by atoms with van der Waals surface area (Å²) in [6, 6.07) is 8.49. The lowest BCUT2D eigenvalue weighted by Crippen LogP contribution is -2.44. The average Bonchev–Trinajstić information content (AvgIpc) is 3.03. The van der Waals surface area contributed by atoms with Crippen molar-refractivity contribution in [1.29, 1.82) is 0 Å². The molecule has 0 spiro atoms. The molecule has 1 fully saturated rings. The number of hydrogen-bond donors (Lipinski definition) is 1. The van der Waals surface area contributed by atoms with Crippen molar-refractivity contribution in [1.82, 2.24) is 4.90 Å². The molecule has 1 aliphatic heterocycles. The van der Waals surface area contributed by atoms with E-state index in [1.54, 1.807) is 29.2 Å². The predicted molar refractivity (Wildman–Crippen MR) is 122 cm³/mol. The first-order valence-corrected chi connectivity index (χ1v) is 10.9. The van der Waals surface area contributed by atoms with Crippen LogP contribution in [0.2, 0.25) is 10.0 Å². The van der Waals surface area contributed by atoms with Crippen LogP contribution in [0.3, 0.4) is 0 Å². The summed E-state index contributed by atoms with van der Waals surface area (Å²) in [5, 5.41) is 10.6. The second-order valence-corrected chi connectivity index (χ2v) is 8.25. The summed E-state index contributed by atoms with van der Waals surface area (Å²) in [4.78, 5) is 15.3. The Morgan fingerprint density at radius 1 is 1.09 bits per heavy atom. The summed E-state index contributed by atoms with van der Waals surface area (Å²) in [5.41, 5.74) is 0.231. The number of carbonyl (C=O) groups excluding carboxylic acids is 1. The van der Waals surface area contributed by atoms with E-state index in [0.29, 0.717) is 58.9 Å². The van der Waals surface area contributed by atoms with Crippen LogP contribution in [-0.2, 0) is 10.3 Å². The third-order valence-corrected chi connectivity index (χ3v) is 6.30. The number of ether oxygens (including phenoxy) is 4. The molecule has 1 atom stereocenters. The highest BCUT2D eigenvalue weighted by Crippen LogP contribution is 2.40. The minimum absolute atomic E-state index is 0.119. The molecule has 2 aromatic rings. The molecule has 1 saturated heterocycles. The van der Waals surface area contributed by atoms with Crippen molar-refractivity contribution in [3.05, 3.63) is 51.5 Å². The van der Waals surface area contributed by atoms with E-state index in [2.05, 4.69) is 0 Å². The van der Waals surface area contributed by atoms with Gasteiger partial charge in [-0.2, -0.15) is 0 Å². The zero-order valence-corrected chi connectivity index (χ0v) is 19.8. The van der Waals surface area contributed by atoms with Gasteiger partial charge >= 0.3 is 0 Å². The molecule has 174 valence electrons. The van der Waals surface area contributed by atoms with E-state index in [-0.39, 0.29) is 19.1 Å². The van der Waals surface area contributed by atoms with E-state index in [9.17, 15) is 9.90 Å². The number of nitrogens with zero attached hydrogens (tertiary/aromatic N) is 1. The fourth-order valence-corrected chi connectivity index (χ4v) is 4.24. The van der Waals surface area contributed by atoms with Gasteiger partial charge < -0.3 is 29.0 Å². The van der Waals surface area contributed by atoms with Gasteiger partial charge in [0.25, 0.3) is 5.91 Å². The van der Waals surface area contributed by atoms with Crippen molar-refractivity contribution in [3.63, 3.8) is 0 Å². The minimum Gasteiger partial charge on any atom is -0.493 e. The van der Waals surface area contributed by atoms with Crippen molar-refractivity contribution in [3.8, 4) is 17.2 Å². The number of amides is 1. The molecule has 32 heavy (non-hydrogen) atoms. The molecule has 0 radical (unpaired) electrons. The number of aliphatic hydroxyl groups is 1. The molecule has 1 heterocycles. The number of benzene rings is 2. The van der Waals surface area contributed by atoms with Gasteiger partial charge in [0.15, 0.2) is 11.5 Å². The van der Waals surface area contributed by atoms with Gasteiger partial charge in [-0.15, -0.1) is 0 Å². The van der Waals surface area contributed by atoms with Gasteiger partial charge in [-0.25, -0.2) is 0 Å². The van der Waals surface area contributed by atoms with Crippen LogP contribution in [0.25, 0.3) is 0 Å². The van der Waals surface area contributed by atoms with E-state index >= 15 is 0 Å². The Hall–Kier alpha value is -2.19. The number of halogens is 2. The van der Waals surface area contributed by atoms with Crippen LogP contribution in [0.4, 0.5) is 0 Å². The van der Waals surface area contributed by atoms with Crippen LogP contribution in [0.5, 0.6) is 17.2 Å². The van der Waals surface area contributed by atoms with Crippen LogP contribution in [-0.4, -0.2) is 63.5 Å². The van der Waals surface area contributed by atoms with Gasteiger partial charge in [0.1, 0.15) is 5.60 Å². The Labute approximate surface area is 197 Å². The van der Waals surface area contributed by atoms with E-state index < -0.39 is 5.60 Å². The fourth-order valence-electron chi connectivity index (χ4n) is 3.95. The summed E-state index contributed by atoms with van der Waals surface area (Å²) in [5.74, 6) is 0.994. The Kier molecular flexibility index (Phi) is 8.11. The lowest BCUT2D eigenvalue weighted by Gasteiger charge is -2.36. The largest absolute Gasteiger partial charge is 0.493 e. The van der Waals surface area contributed by atoms with Crippen molar-refractivity contribution >= 4 is 29.1 Å². The monoisotopic (exact) mass is 483 g/mol. The quantitative estimate of drug-likeness (QED) is 0.636. The topological polar surface area (TPSA) is 77.5 Å². The van der Waals surface area contributed by atoms with Gasteiger partial charge in [-0.1, -0.05) is 29.3 Å². The molecule has 0 saturated carbocycles. The second-order valence-electron chi connectivity index (χ2n) is 7.44. The number of hydrogen-bond acceptors (Lipinski definition) is 6. The maximum absolute atomic E-state index is 13.5. The summed E-state index contributed by atoms with van der Waals surface area (Å²) in [6.07, 6.45) is 0.939. The van der Waals surface area contributed by atoms with Gasteiger partial charge in [-0.3, -0.25) is 4.79 Å². The fraction of sp³-hybridized carbons (Fsp3) is 0.435. The van der Waals surface area contributed by atoms with Crippen molar-refractivity contribution in [2.75, 3.05) is 47.6 Å². The Bertz CT molecular complexity index is 944. The highest BCUT2D eigenvalue weighted by atomic mass is 35.5. The van der Waals surface area contributed by atoms with E-state index in [4.69, 9.17) is 42.1 Å². The average molecular weight is 484 g/mol. The molecular weight excluding hydrogens is 457 g/mol. The Morgan fingerprint density at radius 2 is 1.78 bits per heavy atom. The molecule has 1 amide bonds. The summed E-state index contributed by atoms with van der Waals surface area (Å²) in [6.45, 7) is 1.04. The highest BCUT2D eigenvalue weighted by molar-refractivity contribution is 6.42. The normalized spacial score (nSPS) is 18.8. The standard InChI is InChI=1S/C23H27Cl2NO6/c1-29-19-11-15(12-20(30-2)21(19)31-3)22(28)26-8-4-10-32-23(14-26,7-9-27)16-5-6-17(24)18(25)13-16/h5-6,11-13,27H,4,7-10,14H2,1-3H3. The first-order chi connectivity index (χ1) is 15.4. The highest BCUT2D eigenvalue weighted by Gasteiger charge is 2.39. The molecule has 1 N–H and O–H groups in total. The summed E-state index contributed by atoms with van der Waals surface area (Å²) in [7, 11) is 4.51. The van der Waals surface area contributed by atoms with Crippen LogP contribution < -0.4 is 14.2 Å². The number of rotatable bonds is 7. The maximum atomic E-state index is 13.5. The summed E-state index contributed by atoms with van der Waals surface area (Å²) >= 11 is 12.4. The van der Waals surface area contributed by atoms with Gasteiger partial charge in [0, 0.05) is 31.7 Å². The van der Waals surface area contributed by atoms with Crippen LogP contribution in [0.1, 0.15) is 28.8 Å². The number of carbonyl (C=O) groups is 1. The number of aliphatic hydroxyl groups excluding tert-OH is 1. The summed E-state index contributed by atoms with van der Waals surface area (Å²) < 4.78 is 22.4. The Balaban J connectivity index is 2.00. The molecule has 7 nitrogen and oxygen atoms in total. The zero-order valence-electron chi connectivity index (χ0n) is 18.3. The Morgan fingerprint density at radius 3 is 2.34 bits per heavy atom. The molecule has 0 bridgehead atoms. The number of methoxy groups -OCH3 is 3. The van der Waals surface area contributed by atoms with Gasteiger partial charge in [0.2, 0.25) is 5.75 Å². The van der Waals surface area contributed by atoms with Crippen molar-refractivity contribution in [2.24, 2.45) is 0 Å². The first-order valence-electron chi connectivity index (χ1n) is 10.2. The lowest BCUT2D eigenvalue weighted by molar-refractivity contribution is -0.0635. The molecule has 1 unspecified atom stereocenters. The van der Waals surface area contributed by atoms with E-state index in [0.717, 1.165) is 5.56 Å². The second kappa shape index (κ2) is 10.6. The first kappa shape index (κ1) is 24.5. The van der Waals surface area contributed by atoms with Crippen LogP contribution in [0, 0.1) is 0 Å². The molecule has 0 aliphatic carbocycles. The maximum Gasteiger partial charge on any atom is 0.254 e. The van der Waals surface area contributed by atoms with E-state index in [1.807, 2.05) is 6.07 Å². The van der Waals surface area contributed by atoms with Crippen molar-refractivity contribution < 1.29 is 28.8 Å². The third-order valence-electron chi connectivity index (χ3n) is 5.56. The third kappa shape index (κ3) is 4.91. The van der Waals surface area contributed by atoms with Gasteiger partial charge in [0.05, 0.1) is 37.9 Å². The van der Waals surface area contributed by atoms with E-state index in [1.165, 1.54) is 21.3 Å². The van der Waals surface area contributed by atoms with Crippen LogP contribution >= 0.6 is 23.2 Å².